The third-order valence-electron chi connectivity index (χ3n) is 5.76. The molecule has 2 fully saturated rings. The van der Waals surface area contributed by atoms with Crippen molar-refractivity contribution in [2.75, 3.05) is 27.2 Å². The van der Waals surface area contributed by atoms with E-state index in [-0.39, 0.29) is 12.5 Å². The molecule has 0 amide bonds. The van der Waals surface area contributed by atoms with Gasteiger partial charge in [0.15, 0.2) is 7.11 Å². The van der Waals surface area contributed by atoms with Crippen LogP contribution in [0.5, 0.6) is 11.5 Å². The molecular formula is C20H29N2O3+. The van der Waals surface area contributed by atoms with Gasteiger partial charge in [0.1, 0.15) is 6.10 Å². The maximum atomic E-state index is 10.9. The summed E-state index contributed by atoms with van der Waals surface area (Å²) in [7, 11) is 3.74. The van der Waals surface area contributed by atoms with Crippen LogP contribution in [-0.4, -0.2) is 43.0 Å². The molecule has 0 radical (unpaired) electrons. The van der Waals surface area contributed by atoms with Crippen molar-refractivity contribution in [2.45, 2.75) is 37.7 Å². The van der Waals surface area contributed by atoms with E-state index in [1.165, 1.54) is 19.3 Å². The fraction of sp³-hybridized carbons (Fsp3) is 0.600. The molecule has 4 atom stereocenters. The molecule has 5 nitrogen and oxygen atoms in total. The molecule has 0 saturated heterocycles. The summed E-state index contributed by atoms with van der Waals surface area (Å²) in [5.74, 6) is 3.27. The Kier molecular flexibility index (Phi) is 5.61. The molecule has 1 unspecified atom stereocenters. The molecule has 2 aliphatic carbocycles. The van der Waals surface area contributed by atoms with E-state index in [9.17, 15) is 4.91 Å². The Bertz CT molecular complexity index is 619. The summed E-state index contributed by atoms with van der Waals surface area (Å²) >= 11 is 0. The molecule has 2 aliphatic rings. The largest absolute Gasteiger partial charge is 0.582 e. The number of aliphatic hydroxyl groups is 1. The zero-order valence-electron chi connectivity index (χ0n) is 15.2. The molecule has 1 aromatic rings. The highest BCUT2D eigenvalue weighted by atomic mass is 16.5. The zero-order chi connectivity index (χ0) is 17.8. The van der Waals surface area contributed by atoms with Crippen molar-refractivity contribution in [1.82, 2.24) is 4.90 Å². The van der Waals surface area contributed by atoms with Gasteiger partial charge in [-0.1, -0.05) is 11.8 Å². The van der Waals surface area contributed by atoms with Crippen molar-refractivity contribution in [2.24, 2.45) is 17.0 Å². The summed E-state index contributed by atoms with van der Waals surface area (Å²) < 4.78 is 10.8. The summed E-state index contributed by atoms with van der Waals surface area (Å²) in [6.45, 7) is 4.72. The van der Waals surface area contributed by atoms with Crippen LogP contribution in [0.25, 0.3) is 0 Å². The van der Waals surface area contributed by atoms with E-state index in [0.717, 1.165) is 29.4 Å². The average molecular weight is 345 g/mol. The molecule has 2 bridgehead atoms. The minimum atomic E-state index is 0.0220. The minimum absolute atomic E-state index is 0.0220. The van der Waals surface area contributed by atoms with Gasteiger partial charge in [-0.05, 0) is 61.4 Å². The van der Waals surface area contributed by atoms with Crippen LogP contribution in [0.15, 0.2) is 36.2 Å². The number of nitrogens with zero attached hydrogens (tertiary/aromatic N) is 2. The number of hydrogen-bond acceptors (Lipinski definition) is 4. The first-order chi connectivity index (χ1) is 12.1. The smallest absolute Gasteiger partial charge is 0.297 e. The van der Waals surface area contributed by atoms with Crippen LogP contribution in [0.1, 0.15) is 37.2 Å². The molecule has 1 N–H and O–H groups in total. The van der Waals surface area contributed by atoms with Gasteiger partial charge in [-0.15, -0.1) is 0 Å². The standard InChI is InChI=1S/C20H28N2O3/c1-4-22(2)13-17(12-21-23)15-7-8-18(24-3)20(11-15)25-19-10-14-5-6-16(19)9-14/h4,7-8,11,14,16-17,19H,1,5-6,9-10,12-13H2,2-3H3/p+1/t14-,16+,17?,19+/m1/s1. The van der Waals surface area contributed by atoms with Gasteiger partial charge in [0.2, 0.25) is 5.75 Å². The first-order valence-electron chi connectivity index (χ1n) is 9.17. The van der Waals surface area contributed by atoms with Gasteiger partial charge < -0.3 is 14.4 Å². The molecule has 0 heterocycles. The Hall–Kier alpha value is -2.04. The normalized spacial score (nSPS) is 25.4. The number of rotatable bonds is 9. The summed E-state index contributed by atoms with van der Waals surface area (Å²) in [5, 5.41) is 3.13. The summed E-state index contributed by atoms with van der Waals surface area (Å²) in [6, 6.07) is 6.08. The lowest BCUT2D eigenvalue weighted by atomic mass is 9.96. The van der Waals surface area contributed by atoms with Gasteiger partial charge in [0.05, 0.1) is 6.54 Å². The van der Waals surface area contributed by atoms with E-state index < -0.39 is 0 Å². The third-order valence-corrected chi connectivity index (χ3v) is 5.76. The van der Waals surface area contributed by atoms with Gasteiger partial charge in [0, 0.05) is 25.6 Å². The molecular weight excluding hydrogens is 316 g/mol. The fourth-order valence-electron chi connectivity index (χ4n) is 4.34. The van der Waals surface area contributed by atoms with E-state index in [4.69, 9.17) is 4.74 Å². The Morgan fingerprint density at radius 2 is 2.28 bits per heavy atom. The van der Waals surface area contributed by atoms with Crippen LogP contribution in [0.4, 0.5) is 0 Å². The van der Waals surface area contributed by atoms with Crippen LogP contribution in [0.3, 0.4) is 0 Å². The average Bonchev–Trinajstić information content (AvgIpc) is 3.24. The molecule has 3 rings (SSSR count). The summed E-state index contributed by atoms with van der Waals surface area (Å²) in [4.78, 5) is 12.9. The second-order valence-electron chi connectivity index (χ2n) is 7.41. The number of nitroso groups, excluding NO2 is 1. The highest BCUT2D eigenvalue weighted by Gasteiger charge is 2.41. The molecule has 0 aromatic heterocycles. The number of fused-ring (bicyclic) bond motifs is 2. The minimum Gasteiger partial charge on any atom is -0.582 e. The summed E-state index contributed by atoms with van der Waals surface area (Å²) in [5.41, 5.74) is 1.07. The monoisotopic (exact) mass is 345 g/mol. The van der Waals surface area contributed by atoms with Crippen LogP contribution in [0, 0.1) is 16.7 Å². The molecule has 25 heavy (non-hydrogen) atoms. The van der Waals surface area contributed by atoms with E-state index in [1.54, 1.807) is 13.3 Å². The van der Waals surface area contributed by atoms with Crippen LogP contribution >= 0.6 is 0 Å². The zero-order valence-corrected chi connectivity index (χ0v) is 15.2. The molecule has 136 valence electrons. The van der Waals surface area contributed by atoms with Crippen molar-refractivity contribution in [3.05, 3.63) is 41.4 Å². The van der Waals surface area contributed by atoms with Gasteiger partial charge in [-0.2, -0.15) is 4.91 Å². The second-order valence-corrected chi connectivity index (χ2v) is 7.41. The first kappa shape index (κ1) is 17.8. The van der Waals surface area contributed by atoms with E-state index in [0.29, 0.717) is 18.6 Å². The Labute approximate surface area is 150 Å². The number of likely N-dealkylation sites (N-methyl/N-ethyl adjacent to an activating group) is 1. The highest BCUT2D eigenvalue weighted by Crippen LogP contribution is 2.47. The molecule has 2 saturated carbocycles. The number of ether oxygens (including phenoxy) is 2. The predicted molar refractivity (Wildman–Crippen MR) is 100 cm³/mol. The van der Waals surface area contributed by atoms with E-state index in [2.05, 4.69) is 22.6 Å². The molecule has 1 aromatic carbocycles. The Morgan fingerprint density at radius 3 is 2.88 bits per heavy atom. The second kappa shape index (κ2) is 7.89. The van der Waals surface area contributed by atoms with Gasteiger partial charge in [-0.3, -0.25) is 0 Å². The van der Waals surface area contributed by atoms with Gasteiger partial charge in [0.25, 0.3) is 5.75 Å². The van der Waals surface area contributed by atoms with Crippen molar-refractivity contribution in [1.29, 1.82) is 0 Å². The van der Waals surface area contributed by atoms with Crippen molar-refractivity contribution in [3.63, 3.8) is 0 Å². The van der Waals surface area contributed by atoms with Crippen molar-refractivity contribution in [3.8, 4) is 11.5 Å². The van der Waals surface area contributed by atoms with Crippen LogP contribution in [-0.2, 0) is 0 Å². The fourth-order valence-corrected chi connectivity index (χ4v) is 4.34. The Balaban J connectivity index is 1.80. The molecule has 0 aliphatic heterocycles. The number of hydrogen-bond donors (Lipinski definition) is 0. The Morgan fingerprint density at radius 1 is 1.44 bits per heavy atom. The highest BCUT2D eigenvalue weighted by molar-refractivity contribution is 5.44. The van der Waals surface area contributed by atoms with Gasteiger partial charge >= 0.3 is 0 Å². The topological polar surface area (TPSA) is 54.7 Å². The van der Waals surface area contributed by atoms with Crippen molar-refractivity contribution >= 4 is 0 Å². The lowest BCUT2D eigenvalue weighted by Crippen LogP contribution is -2.24. The number of benzene rings is 1. The third kappa shape index (κ3) is 3.97. The van der Waals surface area contributed by atoms with Gasteiger partial charge in [-0.25, -0.2) is 0 Å². The van der Waals surface area contributed by atoms with Crippen molar-refractivity contribution < 1.29 is 9.47 Å². The quantitative estimate of drug-likeness (QED) is 0.501. The van der Waals surface area contributed by atoms with E-state index in [1.807, 2.05) is 24.1 Å². The maximum absolute atomic E-state index is 10.9. The lowest BCUT2D eigenvalue weighted by molar-refractivity contribution is 0.0968. The van der Waals surface area contributed by atoms with Crippen LogP contribution in [0.2, 0.25) is 0 Å². The van der Waals surface area contributed by atoms with E-state index >= 15 is 0 Å². The maximum Gasteiger partial charge on any atom is 0.297 e. The number of aromatic hydroxyl groups is 1. The summed E-state index contributed by atoms with van der Waals surface area (Å²) in [6.07, 6.45) is 7.20. The molecule has 5 heteroatoms. The predicted octanol–water partition coefficient (Wildman–Crippen LogP) is 4.05. The molecule has 0 spiro atoms. The first-order valence-corrected chi connectivity index (χ1v) is 9.17. The van der Waals surface area contributed by atoms with Crippen LogP contribution < -0.4 is 4.74 Å². The SMILES string of the molecule is C=CN(C)CC(CN=O)c1ccc([OH+]C)c(O[C@H]2C[C@@H]3CC[C@H]2C3)c1. The lowest BCUT2D eigenvalue weighted by Gasteiger charge is -2.25.